The number of hydrogen-bond donors (Lipinski definition) is 0. The Hall–Kier alpha value is -1.35. The van der Waals surface area contributed by atoms with E-state index in [1.54, 1.807) is 0 Å². The van der Waals surface area contributed by atoms with E-state index in [1.165, 1.54) is 5.56 Å². The summed E-state index contributed by atoms with van der Waals surface area (Å²) in [6, 6.07) is 10.7. The largest absolute Gasteiger partial charge is 0.465 e. The van der Waals surface area contributed by atoms with E-state index in [0.29, 0.717) is 12.6 Å². The molecule has 98 valence electrons. The highest BCUT2D eigenvalue weighted by Gasteiger charge is 2.39. The van der Waals surface area contributed by atoms with Crippen molar-refractivity contribution in [1.29, 1.82) is 0 Å². The molecular weight excluding hydrogens is 226 g/mol. The van der Waals surface area contributed by atoms with Crippen LogP contribution in [0, 0.1) is 0 Å². The van der Waals surface area contributed by atoms with Crippen molar-refractivity contribution in [3.63, 3.8) is 0 Å². The summed E-state index contributed by atoms with van der Waals surface area (Å²) in [4.78, 5) is 14.1. The minimum Gasteiger partial charge on any atom is -0.465 e. The van der Waals surface area contributed by atoms with Gasteiger partial charge in [-0.1, -0.05) is 37.3 Å². The molecule has 0 aromatic heterocycles. The third-order valence-corrected chi connectivity index (χ3v) is 3.59. The number of carbonyl (C=O) groups is 1. The van der Waals surface area contributed by atoms with E-state index in [1.807, 2.05) is 13.0 Å². The summed E-state index contributed by atoms with van der Waals surface area (Å²) in [7, 11) is 0. The average Bonchev–Trinajstić information content (AvgIpc) is 2.35. The van der Waals surface area contributed by atoms with Crippen LogP contribution < -0.4 is 0 Å². The molecule has 2 rings (SSSR count). The minimum atomic E-state index is -0.0712. The molecule has 0 spiro atoms. The predicted octanol–water partition coefficient (Wildman–Crippen LogP) is 2.78. The summed E-state index contributed by atoms with van der Waals surface area (Å²) in [5.74, 6) is -0.0712. The fraction of sp³-hybridized carbons (Fsp3) is 0.533. The molecule has 1 aromatic rings. The highest BCUT2D eigenvalue weighted by Crippen LogP contribution is 2.33. The van der Waals surface area contributed by atoms with E-state index in [0.717, 1.165) is 19.4 Å². The van der Waals surface area contributed by atoms with E-state index >= 15 is 0 Å². The average molecular weight is 247 g/mol. The lowest BCUT2D eigenvalue weighted by Gasteiger charge is -2.44. The number of rotatable bonds is 5. The number of carbonyl (C=O) groups excluding carboxylic acids is 1. The molecule has 0 saturated carbocycles. The van der Waals surface area contributed by atoms with E-state index in [2.05, 4.69) is 36.1 Å². The molecular formula is C15H21NO2. The van der Waals surface area contributed by atoms with Gasteiger partial charge in [-0.2, -0.15) is 0 Å². The summed E-state index contributed by atoms with van der Waals surface area (Å²) in [6.07, 6.45) is 1.93. The molecule has 1 heterocycles. The normalized spacial score (nSPS) is 21.1. The second-order valence-electron chi connectivity index (χ2n) is 4.63. The minimum absolute atomic E-state index is 0.0462. The van der Waals surface area contributed by atoms with E-state index in [4.69, 9.17) is 4.74 Å². The molecule has 1 aliphatic rings. The molecule has 2 atom stereocenters. The van der Waals surface area contributed by atoms with Crippen molar-refractivity contribution < 1.29 is 9.53 Å². The number of likely N-dealkylation sites (tertiary alicyclic amines) is 1. The SMILES string of the molecule is CCOC(=O)C1CCN1C(CC)c1ccccc1. The topological polar surface area (TPSA) is 29.5 Å². The maximum absolute atomic E-state index is 11.8. The third kappa shape index (κ3) is 2.56. The molecule has 1 aliphatic heterocycles. The van der Waals surface area contributed by atoms with Gasteiger partial charge in [-0.15, -0.1) is 0 Å². The lowest BCUT2D eigenvalue weighted by molar-refractivity contribution is -0.156. The molecule has 0 bridgehead atoms. The molecule has 2 unspecified atom stereocenters. The van der Waals surface area contributed by atoms with Crippen LogP contribution in [0.3, 0.4) is 0 Å². The second kappa shape index (κ2) is 6.01. The van der Waals surface area contributed by atoms with Gasteiger partial charge in [0.1, 0.15) is 6.04 Å². The Bertz CT molecular complexity index is 391. The van der Waals surface area contributed by atoms with Gasteiger partial charge < -0.3 is 4.74 Å². The molecule has 0 radical (unpaired) electrons. The zero-order chi connectivity index (χ0) is 13.0. The van der Waals surface area contributed by atoms with Gasteiger partial charge in [-0.3, -0.25) is 9.69 Å². The fourth-order valence-electron chi connectivity index (χ4n) is 2.61. The van der Waals surface area contributed by atoms with Crippen LogP contribution in [0.2, 0.25) is 0 Å². The highest BCUT2D eigenvalue weighted by atomic mass is 16.5. The first-order valence-electron chi connectivity index (χ1n) is 6.75. The monoisotopic (exact) mass is 247 g/mol. The first-order chi connectivity index (χ1) is 8.77. The van der Waals surface area contributed by atoms with Crippen molar-refractivity contribution in [3.05, 3.63) is 35.9 Å². The smallest absolute Gasteiger partial charge is 0.323 e. The van der Waals surface area contributed by atoms with Crippen LogP contribution in [-0.2, 0) is 9.53 Å². The van der Waals surface area contributed by atoms with Gasteiger partial charge in [0.15, 0.2) is 0 Å². The first kappa shape index (κ1) is 13.1. The van der Waals surface area contributed by atoms with Gasteiger partial charge >= 0.3 is 5.97 Å². The number of esters is 1. The van der Waals surface area contributed by atoms with Gasteiger partial charge in [-0.25, -0.2) is 0 Å². The standard InChI is InChI=1S/C15H21NO2/c1-3-13(12-8-6-5-7-9-12)16-11-10-14(16)15(17)18-4-2/h5-9,13-14H,3-4,10-11H2,1-2H3. The van der Waals surface area contributed by atoms with Crippen LogP contribution in [0.4, 0.5) is 0 Å². The Morgan fingerprint density at radius 1 is 1.39 bits per heavy atom. The van der Waals surface area contributed by atoms with Crippen LogP contribution in [0.1, 0.15) is 38.3 Å². The fourth-order valence-corrected chi connectivity index (χ4v) is 2.61. The number of ether oxygens (including phenoxy) is 1. The molecule has 0 aliphatic carbocycles. The van der Waals surface area contributed by atoms with Crippen LogP contribution in [-0.4, -0.2) is 30.1 Å². The Balaban J connectivity index is 2.07. The van der Waals surface area contributed by atoms with Crippen molar-refractivity contribution in [2.24, 2.45) is 0 Å². The van der Waals surface area contributed by atoms with E-state index < -0.39 is 0 Å². The molecule has 0 N–H and O–H groups in total. The van der Waals surface area contributed by atoms with Gasteiger partial charge in [0.2, 0.25) is 0 Å². The quantitative estimate of drug-likeness (QED) is 0.749. The Labute approximate surface area is 109 Å². The predicted molar refractivity (Wildman–Crippen MR) is 71.2 cm³/mol. The summed E-state index contributed by atoms with van der Waals surface area (Å²) < 4.78 is 5.13. The van der Waals surface area contributed by atoms with Crippen molar-refractivity contribution in [3.8, 4) is 0 Å². The van der Waals surface area contributed by atoms with Gasteiger partial charge in [0, 0.05) is 12.6 Å². The van der Waals surface area contributed by atoms with Crippen LogP contribution in [0.25, 0.3) is 0 Å². The lowest BCUT2D eigenvalue weighted by Crippen LogP contribution is -2.54. The van der Waals surface area contributed by atoms with Gasteiger partial charge in [-0.05, 0) is 25.3 Å². The maximum atomic E-state index is 11.8. The first-order valence-corrected chi connectivity index (χ1v) is 6.75. The molecule has 3 nitrogen and oxygen atoms in total. The Morgan fingerprint density at radius 3 is 2.61 bits per heavy atom. The lowest BCUT2D eigenvalue weighted by atomic mass is 9.94. The molecule has 1 saturated heterocycles. The van der Waals surface area contributed by atoms with E-state index in [9.17, 15) is 4.79 Å². The maximum Gasteiger partial charge on any atom is 0.323 e. The van der Waals surface area contributed by atoms with Crippen molar-refractivity contribution in [2.75, 3.05) is 13.2 Å². The van der Waals surface area contributed by atoms with Gasteiger partial charge in [0.25, 0.3) is 0 Å². The highest BCUT2D eigenvalue weighted by molar-refractivity contribution is 5.76. The van der Waals surface area contributed by atoms with Crippen LogP contribution in [0.15, 0.2) is 30.3 Å². The summed E-state index contributed by atoms with van der Waals surface area (Å²) in [5, 5.41) is 0. The molecule has 1 aromatic carbocycles. The molecule has 1 fully saturated rings. The summed E-state index contributed by atoms with van der Waals surface area (Å²) in [5.41, 5.74) is 1.29. The van der Waals surface area contributed by atoms with Crippen molar-refractivity contribution >= 4 is 5.97 Å². The summed E-state index contributed by atoms with van der Waals surface area (Å²) in [6.45, 7) is 5.47. The van der Waals surface area contributed by atoms with Crippen molar-refractivity contribution in [1.82, 2.24) is 4.90 Å². The molecule has 18 heavy (non-hydrogen) atoms. The Kier molecular flexibility index (Phi) is 4.37. The van der Waals surface area contributed by atoms with Crippen LogP contribution >= 0.6 is 0 Å². The van der Waals surface area contributed by atoms with E-state index in [-0.39, 0.29) is 12.0 Å². The number of hydrogen-bond acceptors (Lipinski definition) is 3. The number of benzene rings is 1. The summed E-state index contributed by atoms with van der Waals surface area (Å²) >= 11 is 0. The van der Waals surface area contributed by atoms with Gasteiger partial charge in [0.05, 0.1) is 6.61 Å². The number of nitrogens with zero attached hydrogens (tertiary/aromatic N) is 1. The second-order valence-corrected chi connectivity index (χ2v) is 4.63. The van der Waals surface area contributed by atoms with Crippen LogP contribution in [0.5, 0.6) is 0 Å². The Morgan fingerprint density at radius 2 is 2.11 bits per heavy atom. The molecule has 3 heteroatoms. The zero-order valence-electron chi connectivity index (χ0n) is 11.1. The molecule has 0 amide bonds. The third-order valence-electron chi connectivity index (χ3n) is 3.59. The zero-order valence-corrected chi connectivity index (χ0v) is 11.1. The van der Waals surface area contributed by atoms with Crippen molar-refractivity contribution in [2.45, 2.75) is 38.8 Å².